The summed E-state index contributed by atoms with van der Waals surface area (Å²) in [7, 11) is 0. The zero-order chi connectivity index (χ0) is 19.0. The van der Waals surface area contributed by atoms with Gasteiger partial charge in [-0.25, -0.2) is 0 Å². The molecule has 1 saturated heterocycles. The van der Waals surface area contributed by atoms with E-state index in [1.54, 1.807) is 6.07 Å². The van der Waals surface area contributed by atoms with Gasteiger partial charge in [-0.3, -0.25) is 4.98 Å². The van der Waals surface area contributed by atoms with E-state index in [2.05, 4.69) is 31.5 Å². The van der Waals surface area contributed by atoms with Crippen LogP contribution in [0.15, 0.2) is 36.5 Å². The quantitative estimate of drug-likeness (QED) is 0.737. The van der Waals surface area contributed by atoms with Gasteiger partial charge < -0.3 is 15.3 Å². The van der Waals surface area contributed by atoms with Gasteiger partial charge in [0.05, 0.1) is 40.3 Å². The smallest absolute Gasteiger partial charge is 0.158 e. The molecule has 0 atom stereocenters. The fourth-order valence-electron chi connectivity index (χ4n) is 3.35. The first-order valence-electron chi connectivity index (χ1n) is 8.78. The van der Waals surface area contributed by atoms with Crippen LogP contribution in [0.25, 0.3) is 10.9 Å². The van der Waals surface area contributed by atoms with Gasteiger partial charge in [-0.15, -0.1) is 5.10 Å². The number of fused-ring (bicyclic) bond motifs is 1. The highest BCUT2D eigenvalue weighted by Gasteiger charge is 2.36. The van der Waals surface area contributed by atoms with Crippen LogP contribution in [0.4, 0.5) is 11.5 Å². The van der Waals surface area contributed by atoms with Gasteiger partial charge in [-0.2, -0.15) is 10.4 Å². The molecule has 1 aliphatic rings. The topological polar surface area (TPSA) is 98.0 Å². The molecule has 2 N–H and O–H groups in total. The van der Waals surface area contributed by atoms with Crippen molar-refractivity contribution in [3.8, 4) is 6.07 Å². The Bertz CT molecular complexity index is 1050. The van der Waals surface area contributed by atoms with Crippen molar-refractivity contribution in [2.45, 2.75) is 26.0 Å². The number of aliphatic hydroxyl groups is 1. The summed E-state index contributed by atoms with van der Waals surface area (Å²) in [5, 5.41) is 31.7. The van der Waals surface area contributed by atoms with Crippen molar-refractivity contribution in [2.24, 2.45) is 0 Å². The fraction of sp³-hybridized carbons (Fsp3) is 0.300. The van der Waals surface area contributed by atoms with Gasteiger partial charge in [-0.05, 0) is 37.6 Å². The number of aryl methyl sites for hydroxylation is 1. The summed E-state index contributed by atoms with van der Waals surface area (Å²) in [6.45, 7) is 5.42. The van der Waals surface area contributed by atoms with Gasteiger partial charge in [0.25, 0.3) is 0 Å². The number of hydrogen-bond acceptors (Lipinski definition) is 7. The summed E-state index contributed by atoms with van der Waals surface area (Å²) < 4.78 is 0. The van der Waals surface area contributed by atoms with E-state index in [1.807, 2.05) is 44.3 Å². The highest BCUT2D eigenvalue weighted by atomic mass is 16.3. The molecule has 27 heavy (non-hydrogen) atoms. The van der Waals surface area contributed by atoms with Gasteiger partial charge in [0.15, 0.2) is 5.82 Å². The van der Waals surface area contributed by atoms with Crippen LogP contribution in [0.1, 0.15) is 23.7 Å². The minimum Gasteiger partial charge on any atom is -0.386 e. The molecule has 0 aliphatic carbocycles. The average molecular weight is 360 g/mol. The minimum absolute atomic E-state index is 0.533. The average Bonchev–Trinajstić information content (AvgIpc) is 2.65. The third-order valence-corrected chi connectivity index (χ3v) is 4.72. The van der Waals surface area contributed by atoms with Crippen LogP contribution in [-0.4, -0.2) is 39.0 Å². The molecule has 1 aromatic carbocycles. The van der Waals surface area contributed by atoms with Gasteiger partial charge in [0.2, 0.25) is 0 Å². The second-order valence-electron chi connectivity index (χ2n) is 7.24. The molecule has 7 heteroatoms. The Morgan fingerprint density at radius 3 is 2.85 bits per heavy atom. The van der Waals surface area contributed by atoms with Crippen LogP contribution < -0.4 is 10.2 Å². The highest BCUT2D eigenvalue weighted by molar-refractivity contribution is 5.92. The lowest BCUT2D eigenvalue weighted by Crippen LogP contribution is -2.60. The molecule has 0 bridgehead atoms. The number of nitrogens with zero attached hydrogens (tertiary/aromatic N) is 5. The maximum atomic E-state index is 9.99. The minimum atomic E-state index is -0.645. The van der Waals surface area contributed by atoms with E-state index >= 15 is 0 Å². The normalized spacial score (nSPS) is 15.3. The Hall–Kier alpha value is -3.24. The maximum absolute atomic E-state index is 9.99. The summed E-state index contributed by atoms with van der Waals surface area (Å²) in [5.41, 5.74) is 3.50. The van der Waals surface area contributed by atoms with Crippen molar-refractivity contribution in [1.29, 1.82) is 5.26 Å². The number of nitrogens with one attached hydrogen (secondary N) is 1. The SMILES string of the molecule is Cc1nnc(NCc2cccc(C#N)c2)c2cc(N3CC(C)(O)C3)cnc12. The Morgan fingerprint density at radius 2 is 2.11 bits per heavy atom. The second-order valence-corrected chi connectivity index (χ2v) is 7.24. The van der Waals surface area contributed by atoms with Crippen molar-refractivity contribution in [3.63, 3.8) is 0 Å². The van der Waals surface area contributed by atoms with Crippen molar-refractivity contribution >= 4 is 22.4 Å². The van der Waals surface area contributed by atoms with Crippen LogP contribution >= 0.6 is 0 Å². The number of nitriles is 1. The molecule has 2 aromatic heterocycles. The predicted octanol–water partition coefficient (Wildman–Crippen LogP) is 2.39. The van der Waals surface area contributed by atoms with E-state index in [9.17, 15) is 5.11 Å². The number of anilines is 2. The lowest BCUT2D eigenvalue weighted by Gasteiger charge is -2.45. The molecular formula is C20H20N6O. The van der Waals surface area contributed by atoms with Crippen LogP contribution in [-0.2, 0) is 6.54 Å². The molecule has 0 spiro atoms. The van der Waals surface area contributed by atoms with Crippen molar-refractivity contribution in [2.75, 3.05) is 23.3 Å². The lowest BCUT2D eigenvalue weighted by molar-refractivity contribution is 0.0310. The molecule has 1 fully saturated rings. The third kappa shape index (κ3) is 3.39. The van der Waals surface area contributed by atoms with Crippen molar-refractivity contribution in [3.05, 3.63) is 53.3 Å². The van der Waals surface area contributed by atoms with E-state index in [1.165, 1.54) is 0 Å². The van der Waals surface area contributed by atoms with E-state index in [4.69, 9.17) is 5.26 Å². The monoisotopic (exact) mass is 360 g/mol. The number of benzene rings is 1. The molecule has 3 heterocycles. The fourth-order valence-corrected chi connectivity index (χ4v) is 3.35. The van der Waals surface area contributed by atoms with Crippen LogP contribution in [0.3, 0.4) is 0 Å². The van der Waals surface area contributed by atoms with E-state index < -0.39 is 5.60 Å². The van der Waals surface area contributed by atoms with Gasteiger partial charge in [0, 0.05) is 25.0 Å². The Labute approximate surface area is 157 Å². The summed E-state index contributed by atoms with van der Waals surface area (Å²) >= 11 is 0. The first kappa shape index (κ1) is 17.2. The zero-order valence-corrected chi connectivity index (χ0v) is 15.3. The molecular weight excluding hydrogens is 340 g/mol. The molecule has 4 rings (SSSR count). The molecule has 0 saturated carbocycles. The Balaban J connectivity index is 1.63. The molecule has 0 amide bonds. The highest BCUT2D eigenvalue weighted by Crippen LogP contribution is 2.31. The van der Waals surface area contributed by atoms with Gasteiger partial charge >= 0.3 is 0 Å². The Morgan fingerprint density at radius 1 is 1.30 bits per heavy atom. The molecule has 3 aromatic rings. The largest absolute Gasteiger partial charge is 0.386 e. The maximum Gasteiger partial charge on any atom is 0.158 e. The first-order chi connectivity index (χ1) is 12.9. The molecule has 1 aliphatic heterocycles. The summed E-state index contributed by atoms with van der Waals surface area (Å²) in [6, 6.07) is 11.6. The van der Waals surface area contributed by atoms with E-state index in [0.717, 1.165) is 27.8 Å². The second kappa shape index (κ2) is 6.49. The summed E-state index contributed by atoms with van der Waals surface area (Å²) in [6.07, 6.45) is 1.81. The molecule has 136 valence electrons. The summed E-state index contributed by atoms with van der Waals surface area (Å²) in [5.74, 6) is 0.652. The van der Waals surface area contributed by atoms with Crippen molar-refractivity contribution in [1.82, 2.24) is 15.2 Å². The van der Waals surface area contributed by atoms with Crippen LogP contribution in [0, 0.1) is 18.3 Å². The van der Waals surface area contributed by atoms with Crippen molar-refractivity contribution < 1.29 is 5.11 Å². The third-order valence-electron chi connectivity index (χ3n) is 4.72. The number of rotatable bonds is 4. The number of β-amino-alcohol motifs (C(OH)–C–C–N with tert-alkyl or cyclic N) is 1. The van der Waals surface area contributed by atoms with E-state index in [-0.39, 0.29) is 0 Å². The number of aromatic nitrogens is 3. The number of pyridine rings is 1. The van der Waals surface area contributed by atoms with Crippen LogP contribution in [0.2, 0.25) is 0 Å². The summed E-state index contributed by atoms with van der Waals surface area (Å²) in [4.78, 5) is 6.65. The van der Waals surface area contributed by atoms with E-state index in [0.29, 0.717) is 31.0 Å². The standard InChI is InChI=1S/C20H20N6O/c1-13-18-17(7-16(10-22-18)26-11-20(2,27)12-26)19(25-24-13)23-9-15-5-3-4-14(6-15)8-21/h3-7,10,27H,9,11-12H2,1-2H3,(H,23,25). The van der Waals surface area contributed by atoms with Crippen LogP contribution in [0.5, 0.6) is 0 Å². The predicted molar refractivity (Wildman–Crippen MR) is 103 cm³/mol. The van der Waals surface area contributed by atoms with Gasteiger partial charge in [0.1, 0.15) is 0 Å². The molecule has 7 nitrogen and oxygen atoms in total. The first-order valence-corrected chi connectivity index (χ1v) is 8.78. The van der Waals surface area contributed by atoms with Gasteiger partial charge in [-0.1, -0.05) is 12.1 Å². The lowest BCUT2D eigenvalue weighted by atomic mass is 9.96. The Kier molecular flexibility index (Phi) is 4.13. The number of hydrogen-bond donors (Lipinski definition) is 2. The molecule has 0 radical (unpaired) electrons. The zero-order valence-electron chi connectivity index (χ0n) is 15.3. The molecule has 0 unspecified atom stereocenters.